The van der Waals surface area contributed by atoms with Gasteiger partial charge in [-0.05, 0) is 24.6 Å². The Balaban J connectivity index is 2.83. The maximum absolute atomic E-state index is 12.5. The Hall–Kier alpha value is -2.18. The lowest BCUT2D eigenvalue weighted by atomic mass is 10.2. The van der Waals surface area contributed by atoms with Crippen LogP contribution in [0.2, 0.25) is 0 Å². The van der Waals surface area contributed by atoms with Crippen LogP contribution in [0.15, 0.2) is 24.3 Å². The molecule has 0 unspecified atom stereocenters. The van der Waals surface area contributed by atoms with Crippen LogP contribution in [-0.2, 0) is 4.79 Å². The van der Waals surface area contributed by atoms with Gasteiger partial charge >= 0.3 is 5.97 Å². The largest absolute Gasteiger partial charge is 0.482 e. The predicted molar refractivity (Wildman–Crippen MR) is 71.8 cm³/mol. The molecule has 0 saturated carbocycles. The molecule has 0 aliphatic carbocycles. The van der Waals surface area contributed by atoms with Crippen LogP contribution in [-0.4, -0.2) is 48.0 Å². The van der Waals surface area contributed by atoms with Gasteiger partial charge in [0.15, 0.2) is 6.61 Å². The third-order valence-corrected chi connectivity index (χ3v) is 2.58. The number of halogens is 2. The van der Waals surface area contributed by atoms with E-state index in [1.807, 2.05) is 0 Å². The van der Waals surface area contributed by atoms with E-state index in [9.17, 15) is 18.4 Å². The molecule has 0 aliphatic heterocycles. The molecule has 21 heavy (non-hydrogen) atoms. The molecule has 1 aromatic rings. The smallest absolute Gasteiger partial charge is 0.341 e. The lowest BCUT2D eigenvalue weighted by molar-refractivity contribution is -0.139. The summed E-state index contributed by atoms with van der Waals surface area (Å²) >= 11 is 0. The summed E-state index contributed by atoms with van der Waals surface area (Å²) in [7, 11) is 0. The SMILES string of the molecule is CCCN(CC(F)F)C(=O)c1cccc(OCC(=O)O)c1. The van der Waals surface area contributed by atoms with Gasteiger partial charge in [0, 0.05) is 12.1 Å². The Morgan fingerprint density at radius 1 is 1.38 bits per heavy atom. The second kappa shape index (κ2) is 8.18. The van der Waals surface area contributed by atoms with Gasteiger partial charge in [-0.25, -0.2) is 13.6 Å². The predicted octanol–water partition coefficient (Wildman–Crippen LogP) is 2.27. The molecule has 116 valence electrons. The zero-order valence-electron chi connectivity index (χ0n) is 11.6. The minimum Gasteiger partial charge on any atom is -0.482 e. The molecule has 0 spiro atoms. The number of carbonyl (C=O) groups excluding carboxylic acids is 1. The molecule has 1 amide bonds. The highest BCUT2D eigenvalue weighted by Crippen LogP contribution is 2.16. The molecular weight excluding hydrogens is 284 g/mol. The number of aliphatic carboxylic acids is 1. The highest BCUT2D eigenvalue weighted by molar-refractivity contribution is 5.94. The summed E-state index contributed by atoms with van der Waals surface area (Å²) in [6.45, 7) is 0.849. The van der Waals surface area contributed by atoms with Gasteiger partial charge < -0.3 is 14.7 Å². The van der Waals surface area contributed by atoms with Crippen LogP contribution in [0.3, 0.4) is 0 Å². The number of alkyl halides is 2. The lowest BCUT2D eigenvalue weighted by Crippen LogP contribution is -2.35. The van der Waals surface area contributed by atoms with E-state index < -0.39 is 31.5 Å². The van der Waals surface area contributed by atoms with Crippen LogP contribution >= 0.6 is 0 Å². The van der Waals surface area contributed by atoms with Crippen LogP contribution in [0.1, 0.15) is 23.7 Å². The molecule has 1 aromatic carbocycles. The second-order valence-electron chi connectivity index (χ2n) is 4.35. The summed E-state index contributed by atoms with van der Waals surface area (Å²) in [4.78, 5) is 23.7. The highest BCUT2D eigenvalue weighted by atomic mass is 19.3. The molecule has 0 aliphatic rings. The summed E-state index contributed by atoms with van der Waals surface area (Å²) in [6, 6.07) is 5.83. The third-order valence-electron chi connectivity index (χ3n) is 2.58. The van der Waals surface area contributed by atoms with E-state index in [4.69, 9.17) is 9.84 Å². The van der Waals surface area contributed by atoms with Crippen molar-refractivity contribution in [2.45, 2.75) is 19.8 Å². The lowest BCUT2D eigenvalue weighted by Gasteiger charge is -2.21. The minimum absolute atomic E-state index is 0.187. The molecule has 1 N–H and O–H groups in total. The van der Waals surface area contributed by atoms with Crippen molar-refractivity contribution in [3.8, 4) is 5.75 Å². The molecule has 0 bridgehead atoms. The normalized spacial score (nSPS) is 10.5. The molecule has 0 fully saturated rings. The molecule has 1 rings (SSSR count). The number of rotatable bonds is 8. The molecule has 0 heterocycles. The Morgan fingerprint density at radius 2 is 2.10 bits per heavy atom. The highest BCUT2D eigenvalue weighted by Gasteiger charge is 2.19. The molecule has 0 radical (unpaired) electrons. The first-order chi connectivity index (χ1) is 9.93. The number of nitrogens with zero attached hydrogens (tertiary/aromatic N) is 1. The first-order valence-electron chi connectivity index (χ1n) is 6.46. The first kappa shape index (κ1) is 16.9. The fourth-order valence-corrected chi connectivity index (χ4v) is 1.76. The van der Waals surface area contributed by atoms with Crippen molar-refractivity contribution in [2.75, 3.05) is 19.7 Å². The summed E-state index contributed by atoms with van der Waals surface area (Å²) in [5.41, 5.74) is 0.187. The van der Waals surface area contributed by atoms with E-state index in [1.165, 1.54) is 24.3 Å². The second-order valence-corrected chi connectivity index (χ2v) is 4.35. The number of carboxylic acids is 1. The van der Waals surface area contributed by atoms with Gasteiger partial charge in [-0.1, -0.05) is 13.0 Å². The Kier molecular flexibility index (Phi) is 6.58. The molecule has 0 atom stereocenters. The maximum atomic E-state index is 12.5. The van der Waals surface area contributed by atoms with Crippen molar-refractivity contribution < 1.29 is 28.2 Å². The third kappa shape index (κ3) is 5.76. The monoisotopic (exact) mass is 301 g/mol. The van der Waals surface area contributed by atoms with Gasteiger partial charge in [0.2, 0.25) is 0 Å². The number of hydrogen-bond donors (Lipinski definition) is 1. The van der Waals surface area contributed by atoms with E-state index in [0.29, 0.717) is 6.42 Å². The van der Waals surface area contributed by atoms with Crippen LogP contribution < -0.4 is 4.74 Å². The van der Waals surface area contributed by atoms with Crippen LogP contribution in [0.25, 0.3) is 0 Å². The molecule has 0 aromatic heterocycles. The summed E-state index contributed by atoms with van der Waals surface area (Å²) in [5, 5.41) is 8.53. The Bertz CT molecular complexity index is 494. The fraction of sp³-hybridized carbons (Fsp3) is 0.429. The minimum atomic E-state index is -2.60. The molecular formula is C14H17F2NO4. The Morgan fingerprint density at radius 3 is 2.67 bits per heavy atom. The van der Waals surface area contributed by atoms with E-state index in [2.05, 4.69) is 0 Å². The average Bonchev–Trinajstić information content (AvgIpc) is 2.44. The van der Waals surface area contributed by atoms with Crippen molar-refractivity contribution in [2.24, 2.45) is 0 Å². The van der Waals surface area contributed by atoms with Crippen LogP contribution in [0.4, 0.5) is 8.78 Å². The van der Waals surface area contributed by atoms with Gasteiger partial charge in [0.05, 0.1) is 6.54 Å². The van der Waals surface area contributed by atoms with Crippen molar-refractivity contribution >= 4 is 11.9 Å². The van der Waals surface area contributed by atoms with Crippen LogP contribution in [0.5, 0.6) is 5.75 Å². The van der Waals surface area contributed by atoms with Crippen molar-refractivity contribution in [3.05, 3.63) is 29.8 Å². The number of hydrogen-bond acceptors (Lipinski definition) is 3. The van der Waals surface area contributed by atoms with Gasteiger partial charge in [-0.3, -0.25) is 4.79 Å². The van der Waals surface area contributed by atoms with E-state index in [1.54, 1.807) is 6.92 Å². The molecule has 7 heteroatoms. The van der Waals surface area contributed by atoms with Crippen molar-refractivity contribution in [1.82, 2.24) is 4.90 Å². The van der Waals surface area contributed by atoms with Gasteiger partial charge in [-0.15, -0.1) is 0 Å². The number of ether oxygens (including phenoxy) is 1. The quantitative estimate of drug-likeness (QED) is 0.800. The number of benzene rings is 1. The summed E-state index contributed by atoms with van der Waals surface area (Å²) in [6.07, 6.45) is -2.04. The summed E-state index contributed by atoms with van der Waals surface area (Å²) < 4.78 is 29.9. The van der Waals surface area contributed by atoms with Crippen LogP contribution in [0, 0.1) is 0 Å². The van der Waals surface area contributed by atoms with E-state index >= 15 is 0 Å². The number of carboxylic acid groups (broad SMARTS) is 1. The standard InChI is InChI=1S/C14H17F2NO4/c1-2-6-17(8-12(15)16)14(20)10-4-3-5-11(7-10)21-9-13(18)19/h3-5,7,12H,2,6,8-9H2,1H3,(H,18,19). The topological polar surface area (TPSA) is 66.8 Å². The molecule has 5 nitrogen and oxygen atoms in total. The number of amides is 1. The summed E-state index contributed by atoms with van der Waals surface area (Å²) in [5.74, 6) is -1.47. The first-order valence-corrected chi connectivity index (χ1v) is 6.46. The Labute approximate surface area is 121 Å². The zero-order chi connectivity index (χ0) is 15.8. The van der Waals surface area contributed by atoms with E-state index in [-0.39, 0.29) is 17.9 Å². The average molecular weight is 301 g/mol. The zero-order valence-corrected chi connectivity index (χ0v) is 11.6. The number of carbonyl (C=O) groups is 2. The molecule has 0 saturated heterocycles. The fourth-order valence-electron chi connectivity index (χ4n) is 1.76. The maximum Gasteiger partial charge on any atom is 0.341 e. The van der Waals surface area contributed by atoms with Crippen molar-refractivity contribution in [1.29, 1.82) is 0 Å². The van der Waals surface area contributed by atoms with Gasteiger partial charge in [0.1, 0.15) is 5.75 Å². The van der Waals surface area contributed by atoms with Crippen molar-refractivity contribution in [3.63, 3.8) is 0 Å². The van der Waals surface area contributed by atoms with Gasteiger partial charge in [0.25, 0.3) is 12.3 Å². The van der Waals surface area contributed by atoms with E-state index in [0.717, 1.165) is 4.90 Å². The van der Waals surface area contributed by atoms with Gasteiger partial charge in [-0.2, -0.15) is 0 Å².